The van der Waals surface area contributed by atoms with Gasteiger partial charge in [-0.1, -0.05) is 5.16 Å². The quantitative estimate of drug-likeness (QED) is 0.739. The van der Waals surface area contributed by atoms with E-state index >= 15 is 0 Å². The summed E-state index contributed by atoms with van der Waals surface area (Å²) < 4.78 is 6.29. The number of rotatable bonds is 3. The first-order valence-corrected chi connectivity index (χ1v) is 3.77. The van der Waals surface area contributed by atoms with Crippen molar-refractivity contribution in [3.05, 3.63) is 30.2 Å². The van der Waals surface area contributed by atoms with Gasteiger partial charge < -0.3 is 9.63 Å². The third-order valence-corrected chi connectivity index (χ3v) is 1.56. The summed E-state index contributed by atoms with van der Waals surface area (Å²) in [5, 5.41) is 15.8. The molecule has 0 atom stereocenters. The van der Waals surface area contributed by atoms with Crippen molar-refractivity contribution in [2.75, 3.05) is 0 Å². The lowest BCUT2D eigenvalue weighted by Crippen LogP contribution is -1.98. The van der Waals surface area contributed by atoms with Crippen LogP contribution in [0.4, 0.5) is 0 Å². The smallest absolute Gasteiger partial charge is 0.358 e. The van der Waals surface area contributed by atoms with Crippen molar-refractivity contribution in [1.82, 2.24) is 19.9 Å². The molecular formula is C7H6N4O3. The minimum atomic E-state index is -1.11. The lowest BCUT2D eigenvalue weighted by molar-refractivity contribution is 0.0685. The Kier molecular flexibility index (Phi) is 1.98. The van der Waals surface area contributed by atoms with Gasteiger partial charge in [0.1, 0.15) is 19.2 Å². The van der Waals surface area contributed by atoms with E-state index in [4.69, 9.17) is 9.63 Å². The zero-order valence-electron chi connectivity index (χ0n) is 6.99. The van der Waals surface area contributed by atoms with Gasteiger partial charge in [-0.25, -0.2) is 14.5 Å². The summed E-state index contributed by atoms with van der Waals surface area (Å²) in [5.41, 5.74) is -0.111. The molecule has 0 aliphatic rings. The molecule has 7 heteroatoms. The van der Waals surface area contributed by atoms with Crippen molar-refractivity contribution < 1.29 is 14.4 Å². The number of nitrogens with zero attached hydrogens (tertiary/aromatic N) is 4. The van der Waals surface area contributed by atoms with Gasteiger partial charge >= 0.3 is 5.97 Å². The van der Waals surface area contributed by atoms with Crippen molar-refractivity contribution in [2.45, 2.75) is 6.54 Å². The second-order valence-corrected chi connectivity index (χ2v) is 2.58. The van der Waals surface area contributed by atoms with E-state index in [2.05, 4.69) is 15.2 Å². The average Bonchev–Trinajstić information content (AvgIpc) is 2.75. The van der Waals surface area contributed by atoms with Gasteiger partial charge in [0.05, 0.1) is 0 Å². The Morgan fingerprint density at radius 3 is 3.07 bits per heavy atom. The number of carboxylic acid groups (broad SMARTS) is 1. The van der Waals surface area contributed by atoms with Gasteiger partial charge in [0.15, 0.2) is 11.5 Å². The standard InChI is InChI=1S/C7H6N4O3/c12-7(13)6-1-5(14-10-6)2-11-4-8-3-9-11/h1,3-4H,2H2,(H,12,13). The minimum Gasteiger partial charge on any atom is -0.476 e. The highest BCUT2D eigenvalue weighted by atomic mass is 16.5. The Labute approximate surface area is 78.0 Å². The second kappa shape index (κ2) is 3.29. The number of aromatic nitrogens is 4. The van der Waals surface area contributed by atoms with Crippen LogP contribution in [-0.2, 0) is 6.54 Å². The van der Waals surface area contributed by atoms with Crippen molar-refractivity contribution >= 4 is 5.97 Å². The molecule has 0 saturated heterocycles. The fourth-order valence-electron chi connectivity index (χ4n) is 0.962. The molecule has 0 aliphatic heterocycles. The molecule has 2 aromatic heterocycles. The summed E-state index contributed by atoms with van der Waals surface area (Å²) in [6.45, 7) is 0.320. The number of carboxylic acids is 1. The van der Waals surface area contributed by atoms with E-state index in [1.54, 1.807) is 0 Å². The maximum Gasteiger partial charge on any atom is 0.358 e. The van der Waals surface area contributed by atoms with E-state index in [0.717, 1.165) is 0 Å². The van der Waals surface area contributed by atoms with E-state index in [0.29, 0.717) is 12.3 Å². The summed E-state index contributed by atoms with van der Waals surface area (Å²) in [6.07, 6.45) is 2.89. The maximum absolute atomic E-state index is 10.5. The molecule has 72 valence electrons. The summed E-state index contributed by atoms with van der Waals surface area (Å²) >= 11 is 0. The molecule has 0 spiro atoms. The average molecular weight is 194 g/mol. The molecule has 0 amide bonds. The van der Waals surface area contributed by atoms with Gasteiger partial charge in [0, 0.05) is 6.07 Å². The molecule has 14 heavy (non-hydrogen) atoms. The molecule has 7 nitrogen and oxygen atoms in total. The van der Waals surface area contributed by atoms with E-state index < -0.39 is 5.97 Å². The van der Waals surface area contributed by atoms with E-state index in [9.17, 15) is 4.79 Å². The Balaban J connectivity index is 2.14. The van der Waals surface area contributed by atoms with Crippen LogP contribution in [0.3, 0.4) is 0 Å². The lowest BCUT2D eigenvalue weighted by atomic mass is 10.3. The highest BCUT2D eigenvalue weighted by molar-refractivity contribution is 5.85. The van der Waals surface area contributed by atoms with Crippen LogP contribution >= 0.6 is 0 Å². The lowest BCUT2D eigenvalue weighted by Gasteiger charge is -1.92. The summed E-state index contributed by atoms with van der Waals surface area (Å²) in [6, 6.07) is 1.35. The predicted octanol–water partition coefficient (Wildman–Crippen LogP) is 0.0126. The summed E-state index contributed by atoms with van der Waals surface area (Å²) in [7, 11) is 0. The van der Waals surface area contributed by atoms with E-state index in [1.165, 1.54) is 23.4 Å². The zero-order chi connectivity index (χ0) is 9.97. The van der Waals surface area contributed by atoms with Gasteiger partial charge in [-0.05, 0) is 0 Å². The third kappa shape index (κ3) is 1.60. The molecule has 0 unspecified atom stereocenters. The molecule has 0 fully saturated rings. The SMILES string of the molecule is O=C(O)c1cc(Cn2cncn2)on1. The first-order valence-electron chi connectivity index (χ1n) is 3.77. The molecule has 2 rings (SSSR count). The van der Waals surface area contributed by atoms with Crippen LogP contribution in [0, 0.1) is 0 Å². The highest BCUT2D eigenvalue weighted by Crippen LogP contribution is 2.04. The topological polar surface area (TPSA) is 94.0 Å². The number of aromatic carboxylic acids is 1. The fourth-order valence-corrected chi connectivity index (χ4v) is 0.962. The molecule has 0 radical (unpaired) electrons. The summed E-state index contributed by atoms with van der Waals surface area (Å²) in [4.78, 5) is 14.2. The third-order valence-electron chi connectivity index (χ3n) is 1.56. The molecule has 0 aliphatic carbocycles. The molecular weight excluding hydrogens is 188 g/mol. The first kappa shape index (κ1) is 8.42. The van der Waals surface area contributed by atoms with Crippen molar-refractivity contribution in [1.29, 1.82) is 0 Å². The van der Waals surface area contributed by atoms with Crippen LogP contribution in [0.5, 0.6) is 0 Å². The van der Waals surface area contributed by atoms with Crippen LogP contribution in [0.2, 0.25) is 0 Å². The number of carbonyl (C=O) groups is 1. The zero-order valence-corrected chi connectivity index (χ0v) is 6.99. The van der Waals surface area contributed by atoms with Crippen LogP contribution in [0.15, 0.2) is 23.2 Å². The molecule has 2 aromatic rings. The van der Waals surface area contributed by atoms with Crippen LogP contribution in [-0.4, -0.2) is 31.0 Å². The van der Waals surface area contributed by atoms with Crippen molar-refractivity contribution in [3.8, 4) is 0 Å². The Bertz CT molecular complexity index is 433. The van der Waals surface area contributed by atoms with Crippen LogP contribution in [0.1, 0.15) is 16.2 Å². The van der Waals surface area contributed by atoms with E-state index in [-0.39, 0.29) is 5.69 Å². The Morgan fingerprint density at radius 1 is 1.64 bits per heavy atom. The largest absolute Gasteiger partial charge is 0.476 e. The minimum absolute atomic E-state index is 0.111. The fraction of sp³-hybridized carbons (Fsp3) is 0.143. The molecule has 0 saturated carbocycles. The highest BCUT2D eigenvalue weighted by Gasteiger charge is 2.10. The maximum atomic E-state index is 10.5. The monoisotopic (exact) mass is 194 g/mol. The summed E-state index contributed by atoms with van der Waals surface area (Å²) in [5.74, 6) is -0.688. The van der Waals surface area contributed by atoms with Crippen molar-refractivity contribution in [2.24, 2.45) is 0 Å². The molecule has 2 heterocycles. The second-order valence-electron chi connectivity index (χ2n) is 2.58. The van der Waals surface area contributed by atoms with E-state index in [1.807, 2.05) is 0 Å². The first-order chi connectivity index (χ1) is 6.75. The van der Waals surface area contributed by atoms with Gasteiger partial charge in [0.2, 0.25) is 0 Å². The molecule has 0 aromatic carbocycles. The van der Waals surface area contributed by atoms with Gasteiger partial charge in [-0.3, -0.25) is 0 Å². The number of hydrogen-bond acceptors (Lipinski definition) is 5. The Morgan fingerprint density at radius 2 is 2.50 bits per heavy atom. The van der Waals surface area contributed by atoms with Gasteiger partial charge in [0.25, 0.3) is 0 Å². The van der Waals surface area contributed by atoms with Crippen molar-refractivity contribution in [3.63, 3.8) is 0 Å². The molecule has 0 bridgehead atoms. The van der Waals surface area contributed by atoms with Gasteiger partial charge in [-0.15, -0.1) is 0 Å². The van der Waals surface area contributed by atoms with Crippen LogP contribution < -0.4 is 0 Å². The predicted molar refractivity (Wildman–Crippen MR) is 42.6 cm³/mol. The number of hydrogen-bond donors (Lipinski definition) is 1. The van der Waals surface area contributed by atoms with Gasteiger partial charge in [-0.2, -0.15) is 5.10 Å². The normalized spacial score (nSPS) is 10.3. The van der Waals surface area contributed by atoms with Crippen LogP contribution in [0.25, 0.3) is 0 Å². The molecule has 1 N–H and O–H groups in total. The Hall–Kier alpha value is -2.18.